The molecule has 4 heteroatoms. The number of methoxy groups -OCH3 is 1. The van der Waals surface area contributed by atoms with Crippen LogP contribution >= 0.6 is 0 Å². The zero-order valence-corrected chi connectivity index (χ0v) is 8.65. The Balaban J connectivity index is 3.21. The number of esters is 1. The second-order valence-corrected chi connectivity index (χ2v) is 2.76. The minimum atomic E-state index is -0.544. The summed E-state index contributed by atoms with van der Waals surface area (Å²) in [5.74, 6) is -0.199. The molecule has 0 saturated heterocycles. The van der Waals surface area contributed by atoms with Crippen LogP contribution in [0.15, 0.2) is 18.2 Å². The summed E-state index contributed by atoms with van der Waals surface area (Å²) in [7, 11) is 1.44. The highest BCUT2D eigenvalue weighted by atomic mass is 16.5. The molecule has 0 amide bonds. The fourth-order valence-corrected chi connectivity index (χ4v) is 1.24. The summed E-state index contributed by atoms with van der Waals surface area (Å²) in [6.07, 6.45) is 0.606. The normalized spacial score (nSPS) is 9.47. The van der Waals surface area contributed by atoms with Crippen LogP contribution in [-0.2, 0) is 4.74 Å². The average molecular weight is 208 g/mol. The molecule has 0 aromatic heterocycles. The van der Waals surface area contributed by atoms with Gasteiger partial charge >= 0.3 is 5.97 Å². The summed E-state index contributed by atoms with van der Waals surface area (Å²) < 4.78 is 9.83. The number of ether oxygens (including phenoxy) is 2. The lowest BCUT2D eigenvalue weighted by molar-refractivity contribution is 0.0520. The summed E-state index contributed by atoms with van der Waals surface area (Å²) in [5.41, 5.74) is 0.449. The summed E-state index contributed by atoms with van der Waals surface area (Å²) >= 11 is 0. The Bertz CT molecular complexity index is 371. The molecule has 0 aliphatic heterocycles. The van der Waals surface area contributed by atoms with Crippen molar-refractivity contribution in [3.05, 3.63) is 29.3 Å². The van der Waals surface area contributed by atoms with Crippen LogP contribution in [0.1, 0.15) is 27.6 Å². The van der Waals surface area contributed by atoms with Crippen LogP contribution in [0, 0.1) is 0 Å². The largest absolute Gasteiger partial charge is 0.496 e. The maximum Gasteiger partial charge on any atom is 0.342 e. The Morgan fingerprint density at radius 1 is 1.47 bits per heavy atom. The van der Waals surface area contributed by atoms with E-state index in [-0.39, 0.29) is 17.7 Å². The number of aldehydes is 1. The van der Waals surface area contributed by atoms with E-state index in [0.717, 1.165) is 0 Å². The molecule has 0 N–H and O–H groups in total. The number of hydrogen-bond donors (Lipinski definition) is 0. The van der Waals surface area contributed by atoms with Gasteiger partial charge in [0.15, 0.2) is 6.29 Å². The predicted molar refractivity (Wildman–Crippen MR) is 54.3 cm³/mol. The first kappa shape index (κ1) is 11.2. The van der Waals surface area contributed by atoms with Gasteiger partial charge < -0.3 is 9.47 Å². The summed E-state index contributed by atoms with van der Waals surface area (Å²) in [6, 6.07) is 4.80. The summed E-state index contributed by atoms with van der Waals surface area (Å²) in [5, 5.41) is 0. The standard InChI is InChI=1S/C11H12O4/c1-3-15-11(13)10-8(7-12)5-4-6-9(10)14-2/h4-7H,3H2,1-2H3. The van der Waals surface area contributed by atoms with Gasteiger partial charge in [-0.25, -0.2) is 4.79 Å². The highest BCUT2D eigenvalue weighted by Gasteiger charge is 2.17. The van der Waals surface area contributed by atoms with E-state index in [4.69, 9.17) is 9.47 Å². The Labute approximate surface area is 87.8 Å². The highest BCUT2D eigenvalue weighted by Crippen LogP contribution is 2.21. The van der Waals surface area contributed by atoms with Gasteiger partial charge in [0.05, 0.1) is 13.7 Å². The van der Waals surface area contributed by atoms with Crippen molar-refractivity contribution >= 4 is 12.3 Å². The first-order valence-electron chi connectivity index (χ1n) is 4.53. The molecule has 0 spiro atoms. The fraction of sp³-hybridized carbons (Fsp3) is 0.273. The van der Waals surface area contributed by atoms with E-state index in [9.17, 15) is 9.59 Å². The predicted octanol–water partition coefficient (Wildman–Crippen LogP) is 1.68. The van der Waals surface area contributed by atoms with Crippen molar-refractivity contribution in [1.82, 2.24) is 0 Å². The van der Waals surface area contributed by atoms with Crippen molar-refractivity contribution in [2.24, 2.45) is 0 Å². The van der Waals surface area contributed by atoms with Crippen molar-refractivity contribution in [2.45, 2.75) is 6.92 Å². The molecule has 0 unspecified atom stereocenters. The van der Waals surface area contributed by atoms with Gasteiger partial charge in [0, 0.05) is 5.56 Å². The molecule has 0 saturated carbocycles. The van der Waals surface area contributed by atoms with Crippen molar-refractivity contribution in [1.29, 1.82) is 0 Å². The molecule has 0 heterocycles. The lowest BCUT2D eigenvalue weighted by Crippen LogP contribution is -2.09. The van der Waals surface area contributed by atoms with Gasteiger partial charge in [-0.1, -0.05) is 12.1 Å². The van der Waals surface area contributed by atoms with E-state index in [1.165, 1.54) is 7.11 Å². The second-order valence-electron chi connectivity index (χ2n) is 2.76. The molecule has 80 valence electrons. The molecule has 0 aliphatic carbocycles. The Morgan fingerprint density at radius 2 is 2.20 bits per heavy atom. The second kappa shape index (κ2) is 5.14. The molecule has 0 radical (unpaired) electrons. The van der Waals surface area contributed by atoms with E-state index in [2.05, 4.69) is 0 Å². The summed E-state index contributed by atoms with van der Waals surface area (Å²) in [6.45, 7) is 1.96. The van der Waals surface area contributed by atoms with E-state index in [1.54, 1.807) is 25.1 Å². The van der Waals surface area contributed by atoms with Gasteiger partial charge in [0.25, 0.3) is 0 Å². The Hall–Kier alpha value is -1.84. The van der Waals surface area contributed by atoms with E-state index in [0.29, 0.717) is 12.0 Å². The number of carbonyl (C=O) groups excluding carboxylic acids is 2. The van der Waals surface area contributed by atoms with Crippen LogP contribution in [-0.4, -0.2) is 26.0 Å². The summed E-state index contributed by atoms with van der Waals surface area (Å²) in [4.78, 5) is 22.3. The van der Waals surface area contributed by atoms with Gasteiger partial charge in [0.1, 0.15) is 11.3 Å². The van der Waals surface area contributed by atoms with Gasteiger partial charge in [0.2, 0.25) is 0 Å². The van der Waals surface area contributed by atoms with E-state index >= 15 is 0 Å². The molecular weight excluding hydrogens is 196 g/mol. The molecule has 1 rings (SSSR count). The van der Waals surface area contributed by atoms with Gasteiger partial charge in [-0.05, 0) is 13.0 Å². The Kier molecular flexibility index (Phi) is 3.85. The maximum absolute atomic E-state index is 11.5. The van der Waals surface area contributed by atoms with Crippen LogP contribution < -0.4 is 4.74 Å². The Morgan fingerprint density at radius 3 is 2.73 bits per heavy atom. The minimum absolute atomic E-state index is 0.178. The molecular formula is C11H12O4. The van der Waals surface area contributed by atoms with E-state index in [1.807, 2.05) is 0 Å². The number of rotatable bonds is 4. The van der Waals surface area contributed by atoms with Crippen LogP contribution in [0.3, 0.4) is 0 Å². The lowest BCUT2D eigenvalue weighted by Gasteiger charge is -2.09. The smallest absolute Gasteiger partial charge is 0.342 e. The number of hydrogen-bond acceptors (Lipinski definition) is 4. The third kappa shape index (κ3) is 2.34. The zero-order chi connectivity index (χ0) is 11.3. The molecule has 1 aromatic rings. The molecule has 15 heavy (non-hydrogen) atoms. The quantitative estimate of drug-likeness (QED) is 0.558. The van der Waals surface area contributed by atoms with Gasteiger partial charge in [-0.3, -0.25) is 4.79 Å². The van der Waals surface area contributed by atoms with Crippen LogP contribution in [0.25, 0.3) is 0 Å². The van der Waals surface area contributed by atoms with Crippen LogP contribution in [0.2, 0.25) is 0 Å². The van der Waals surface area contributed by atoms with Crippen LogP contribution in [0.4, 0.5) is 0 Å². The molecule has 0 aliphatic rings. The first-order valence-corrected chi connectivity index (χ1v) is 4.53. The van der Waals surface area contributed by atoms with Crippen molar-refractivity contribution < 1.29 is 19.1 Å². The van der Waals surface area contributed by atoms with Gasteiger partial charge in [-0.2, -0.15) is 0 Å². The monoisotopic (exact) mass is 208 g/mol. The van der Waals surface area contributed by atoms with Crippen molar-refractivity contribution in [3.63, 3.8) is 0 Å². The highest BCUT2D eigenvalue weighted by molar-refractivity contribution is 6.00. The lowest BCUT2D eigenvalue weighted by atomic mass is 10.1. The SMILES string of the molecule is CCOC(=O)c1c(C=O)cccc1OC. The third-order valence-corrected chi connectivity index (χ3v) is 1.88. The maximum atomic E-state index is 11.5. The molecule has 4 nitrogen and oxygen atoms in total. The van der Waals surface area contributed by atoms with Crippen molar-refractivity contribution in [3.8, 4) is 5.75 Å². The number of benzene rings is 1. The molecule has 0 atom stereocenters. The zero-order valence-electron chi connectivity index (χ0n) is 8.65. The molecule has 1 aromatic carbocycles. The molecule has 0 fully saturated rings. The molecule has 0 bridgehead atoms. The van der Waals surface area contributed by atoms with Crippen LogP contribution in [0.5, 0.6) is 5.75 Å². The van der Waals surface area contributed by atoms with E-state index < -0.39 is 5.97 Å². The fourth-order valence-electron chi connectivity index (χ4n) is 1.24. The average Bonchev–Trinajstić information content (AvgIpc) is 2.28. The topological polar surface area (TPSA) is 52.6 Å². The first-order chi connectivity index (χ1) is 7.24. The van der Waals surface area contributed by atoms with Crippen molar-refractivity contribution in [2.75, 3.05) is 13.7 Å². The van der Waals surface area contributed by atoms with Gasteiger partial charge in [-0.15, -0.1) is 0 Å². The number of carbonyl (C=O) groups is 2. The minimum Gasteiger partial charge on any atom is -0.496 e. The third-order valence-electron chi connectivity index (χ3n) is 1.88.